The minimum atomic E-state index is 0.181. The Hall–Kier alpha value is -2.64. The van der Waals surface area contributed by atoms with Gasteiger partial charge in [-0.25, -0.2) is 0 Å². The maximum atomic E-state index is 10.5. The van der Waals surface area contributed by atoms with Crippen LogP contribution in [-0.2, 0) is 6.42 Å². The first-order valence-corrected chi connectivity index (χ1v) is 9.65. The molecule has 3 rings (SSSR count). The number of aromatic hydroxyl groups is 1. The van der Waals surface area contributed by atoms with Gasteiger partial charge >= 0.3 is 0 Å². The number of thiocarbonyl (C=S) groups is 1. The average molecular weight is 399 g/mol. The molecule has 7 heteroatoms. The van der Waals surface area contributed by atoms with E-state index in [2.05, 4.69) is 15.6 Å². The summed E-state index contributed by atoms with van der Waals surface area (Å²) in [6, 6.07) is 19.4. The van der Waals surface area contributed by atoms with Crippen molar-refractivity contribution in [2.45, 2.75) is 19.3 Å². The summed E-state index contributed by atoms with van der Waals surface area (Å²) in [6.45, 7) is 0.763. The molecule has 0 bridgehead atoms. The highest BCUT2D eigenvalue weighted by Gasteiger charge is 2.12. The van der Waals surface area contributed by atoms with Gasteiger partial charge in [0.15, 0.2) is 9.88 Å². The van der Waals surface area contributed by atoms with E-state index in [4.69, 9.17) is 24.4 Å². The zero-order chi connectivity index (χ0) is 19.1. The summed E-state index contributed by atoms with van der Waals surface area (Å²) < 4.78 is 2.15. The number of nitrogens with one attached hydrogen (secondary N) is 3. The molecule has 0 fully saturated rings. The van der Waals surface area contributed by atoms with Crippen LogP contribution in [0, 0.1) is 4.77 Å². The van der Waals surface area contributed by atoms with Crippen LogP contribution in [0.15, 0.2) is 60.7 Å². The Morgan fingerprint density at radius 2 is 1.67 bits per heavy atom. The summed E-state index contributed by atoms with van der Waals surface area (Å²) in [5.41, 5.74) is 2.57. The minimum absolute atomic E-state index is 0.181. The van der Waals surface area contributed by atoms with Crippen LogP contribution in [0.3, 0.4) is 0 Å². The molecule has 0 aliphatic heterocycles. The normalized spacial score (nSPS) is 10.5. The van der Waals surface area contributed by atoms with Gasteiger partial charge in [-0.15, -0.1) is 0 Å². The van der Waals surface area contributed by atoms with Crippen LogP contribution >= 0.6 is 24.4 Å². The molecule has 4 N–H and O–H groups in total. The molecule has 0 atom stereocenters. The number of anilines is 1. The van der Waals surface area contributed by atoms with Crippen LogP contribution in [0.1, 0.15) is 18.5 Å². The van der Waals surface area contributed by atoms with Gasteiger partial charge in [-0.05, 0) is 68.0 Å². The Bertz CT molecular complexity index is 936. The monoisotopic (exact) mass is 398 g/mol. The maximum Gasteiger partial charge on any atom is 0.218 e. The summed E-state index contributed by atoms with van der Waals surface area (Å²) in [5, 5.41) is 17.4. The quantitative estimate of drug-likeness (QED) is 0.347. The van der Waals surface area contributed by atoms with E-state index in [-0.39, 0.29) is 5.88 Å². The molecule has 0 aliphatic carbocycles. The summed E-state index contributed by atoms with van der Waals surface area (Å²) in [7, 11) is 0. The van der Waals surface area contributed by atoms with Gasteiger partial charge in [0, 0.05) is 12.2 Å². The van der Waals surface area contributed by atoms with E-state index >= 15 is 0 Å². The molecule has 0 saturated heterocycles. The number of rotatable bonds is 7. The van der Waals surface area contributed by atoms with Crippen molar-refractivity contribution in [1.29, 1.82) is 0 Å². The first kappa shape index (κ1) is 19.1. The van der Waals surface area contributed by atoms with Crippen molar-refractivity contribution >= 4 is 35.2 Å². The van der Waals surface area contributed by atoms with Crippen molar-refractivity contribution in [1.82, 2.24) is 14.9 Å². The third-order valence-corrected chi connectivity index (χ3v) is 4.66. The third kappa shape index (κ3) is 5.18. The number of nitrogens with zero attached hydrogens (tertiary/aromatic N) is 1. The lowest BCUT2D eigenvalue weighted by Gasteiger charge is -2.10. The lowest BCUT2D eigenvalue weighted by molar-refractivity contribution is 0.434. The van der Waals surface area contributed by atoms with Gasteiger partial charge < -0.3 is 20.7 Å². The van der Waals surface area contributed by atoms with Crippen molar-refractivity contribution in [3.8, 4) is 11.6 Å². The van der Waals surface area contributed by atoms with E-state index in [1.807, 2.05) is 60.7 Å². The van der Waals surface area contributed by atoms with Crippen molar-refractivity contribution in [2.75, 3.05) is 11.9 Å². The van der Waals surface area contributed by atoms with E-state index in [0.29, 0.717) is 9.88 Å². The molecule has 0 unspecified atom stereocenters. The molecular formula is C20H22N4OS2. The van der Waals surface area contributed by atoms with Gasteiger partial charge in [-0.3, -0.25) is 4.57 Å². The molecular weight excluding hydrogens is 376 g/mol. The second kappa shape index (κ2) is 9.34. The smallest absolute Gasteiger partial charge is 0.218 e. The molecule has 140 valence electrons. The Balaban J connectivity index is 1.46. The fourth-order valence-electron chi connectivity index (χ4n) is 2.79. The van der Waals surface area contributed by atoms with Crippen LogP contribution in [0.25, 0.3) is 5.69 Å². The third-order valence-electron chi connectivity index (χ3n) is 4.13. The summed E-state index contributed by atoms with van der Waals surface area (Å²) in [6.07, 6.45) is 2.54. The number of unbranched alkanes of at least 4 members (excludes halogenated alkanes) is 1. The molecule has 1 aromatic heterocycles. The molecule has 2 aromatic carbocycles. The van der Waals surface area contributed by atoms with Crippen LogP contribution in [-0.4, -0.2) is 26.3 Å². The summed E-state index contributed by atoms with van der Waals surface area (Å²) in [4.78, 5) is 3.11. The standard InChI is InChI=1S/C20H22N4OS2/c25-18-17(23-20(27)24(18)16-11-5-2-6-12-16)13-7-8-14-21-19(26)22-15-9-3-1-4-10-15/h1-6,9-12,25H,7-8,13-14H2,(H,23,27)(H2,21,22,26). The molecule has 0 saturated carbocycles. The molecule has 1 heterocycles. The highest BCUT2D eigenvalue weighted by Crippen LogP contribution is 2.23. The number of para-hydroxylation sites is 2. The van der Waals surface area contributed by atoms with Crippen LogP contribution in [0.4, 0.5) is 5.69 Å². The van der Waals surface area contributed by atoms with E-state index in [0.717, 1.165) is 42.9 Å². The van der Waals surface area contributed by atoms with E-state index in [9.17, 15) is 5.11 Å². The molecule has 5 nitrogen and oxygen atoms in total. The zero-order valence-corrected chi connectivity index (χ0v) is 16.4. The van der Waals surface area contributed by atoms with Crippen molar-refractivity contribution in [3.63, 3.8) is 0 Å². The van der Waals surface area contributed by atoms with Gasteiger partial charge in [0.25, 0.3) is 0 Å². The zero-order valence-electron chi connectivity index (χ0n) is 14.8. The first-order chi connectivity index (χ1) is 13.1. The Morgan fingerprint density at radius 1 is 1.00 bits per heavy atom. The topological polar surface area (TPSA) is 65.0 Å². The number of imidazole rings is 1. The molecule has 0 radical (unpaired) electrons. The number of aromatic nitrogens is 2. The predicted molar refractivity (Wildman–Crippen MR) is 116 cm³/mol. The van der Waals surface area contributed by atoms with Crippen LogP contribution in [0.5, 0.6) is 5.88 Å². The highest BCUT2D eigenvalue weighted by atomic mass is 32.1. The fourth-order valence-corrected chi connectivity index (χ4v) is 3.32. The number of hydrogen-bond acceptors (Lipinski definition) is 3. The largest absolute Gasteiger partial charge is 0.493 e. The number of benzene rings is 2. The van der Waals surface area contributed by atoms with E-state index < -0.39 is 0 Å². The Morgan fingerprint density at radius 3 is 2.37 bits per heavy atom. The number of aromatic amines is 1. The van der Waals surface area contributed by atoms with Crippen LogP contribution in [0.2, 0.25) is 0 Å². The number of H-pyrrole nitrogens is 1. The first-order valence-electron chi connectivity index (χ1n) is 8.83. The minimum Gasteiger partial charge on any atom is -0.493 e. The Labute approximate surface area is 169 Å². The number of hydrogen-bond donors (Lipinski definition) is 4. The predicted octanol–water partition coefficient (Wildman–Crippen LogP) is 4.55. The van der Waals surface area contributed by atoms with Crippen molar-refractivity contribution in [2.24, 2.45) is 0 Å². The summed E-state index contributed by atoms with van der Waals surface area (Å²) in [5.74, 6) is 0.181. The lowest BCUT2D eigenvalue weighted by Crippen LogP contribution is -2.29. The van der Waals surface area contributed by atoms with Crippen molar-refractivity contribution < 1.29 is 5.11 Å². The molecule has 0 aliphatic rings. The second-order valence-electron chi connectivity index (χ2n) is 6.11. The fraction of sp³-hybridized carbons (Fsp3) is 0.200. The van der Waals surface area contributed by atoms with Gasteiger partial charge in [-0.2, -0.15) is 0 Å². The van der Waals surface area contributed by atoms with E-state index in [1.54, 1.807) is 4.57 Å². The summed E-state index contributed by atoms with van der Waals surface area (Å²) >= 11 is 10.6. The molecule has 0 amide bonds. The lowest BCUT2D eigenvalue weighted by atomic mass is 10.2. The van der Waals surface area contributed by atoms with Crippen LogP contribution < -0.4 is 10.6 Å². The van der Waals surface area contributed by atoms with E-state index in [1.165, 1.54) is 0 Å². The molecule has 0 spiro atoms. The van der Waals surface area contributed by atoms with Gasteiger partial charge in [-0.1, -0.05) is 36.4 Å². The highest BCUT2D eigenvalue weighted by molar-refractivity contribution is 7.80. The Kier molecular flexibility index (Phi) is 6.62. The van der Waals surface area contributed by atoms with Crippen molar-refractivity contribution in [3.05, 3.63) is 71.1 Å². The number of aryl methyl sites for hydroxylation is 1. The SMILES string of the molecule is Oc1c(CCCCNC(=S)Nc2ccccc2)[nH]c(=S)n1-c1ccccc1. The average Bonchev–Trinajstić information content (AvgIpc) is 2.96. The molecule has 27 heavy (non-hydrogen) atoms. The van der Waals surface area contributed by atoms with Gasteiger partial charge in [0.2, 0.25) is 5.88 Å². The maximum absolute atomic E-state index is 10.5. The second-order valence-corrected chi connectivity index (χ2v) is 6.90. The molecule has 3 aromatic rings. The van der Waals surface area contributed by atoms with Gasteiger partial charge in [0.1, 0.15) is 0 Å². The van der Waals surface area contributed by atoms with Gasteiger partial charge in [0.05, 0.1) is 11.4 Å².